The summed E-state index contributed by atoms with van der Waals surface area (Å²) in [5, 5.41) is 0. The first-order valence-corrected chi connectivity index (χ1v) is 3.98. The van der Waals surface area contributed by atoms with E-state index in [0.29, 0.717) is 11.3 Å². The van der Waals surface area contributed by atoms with Crippen LogP contribution in [0.4, 0.5) is 0 Å². The number of carbonyl (C=O) groups excluding carboxylic acids is 1. The number of hydrogen-bond donors (Lipinski definition) is 0. The molecule has 0 radical (unpaired) electrons. The largest absolute Gasteiger partial charge is 0.480 e. The summed E-state index contributed by atoms with van der Waals surface area (Å²) in [5.74, 6) is -0.223. The maximum Gasteiger partial charge on any atom is 0.343 e. The van der Waals surface area contributed by atoms with E-state index in [2.05, 4.69) is 16.3 Å². The number of hydrogen-bond acceptors (Lipinski definition) is 4. The van der Waals surface area contributed by atoms with Crippen LogP contribution in [0.15, 0.2) is 18.7 Å². The van der Waals surface area contributed by atoms with Crippen LogP contribution in [0, 0.1) is 0 Å². The molecule has 0 aromatic carbocycles. The monoisotopic (exact) mass is 193 g/mol. The number of aromatic nitrogens is 1. The predicted molar refractivity (Wildman–Crippen MR) is 52.2 cm³/mol. The molecule has 0 bridgehead atoms. The number of esters is 1. The fourth-order valence-electron chi connectivity index (χ4n) is 0.989. The molecule has 1 aromatic rings. The van der Waals surface area contributed by atoms with Crippen molar-refractivity contribution in [2.75, 3.05) is 14.2 Å². The van der Waals surface area contributed by atoms with E-state index in [4.69, 9.17) is 4.74 Å². The average molecular weight is 193 g/mol. The van der Waals surface area contributed by atoms with Crippen molar-refractivity contribution in [2.24, 2.45) is 0 Å². The Morgan fingerprint density at radius 1 is 1.50 bits per heavy atom. The molecule has 4 heteroatoms. The molecule has 0 aliphatic carbocycles. The highest BCUT2D eigenvalue weighted by atomic mass is 16.5. The molecule has 0 aliphatic heterocycles. The van der Waals surface area contributed by atoms with Gasteiger partial charge in [0.1, 0.15) is 5.56 Å². The molecule has 1 rings (SSSR count). The number of rotatable bonds is 3. The average Bonchev–Trinajstić information content (AvgIpc) is 2.27. The summed E-state index contributed by atoms with van der Waals surface area (Å²) in [5.41, 5.74) is 0.954. The molecular formula is C10H11NO3. The fraction of sp³-hybridized carbons (Fsp3) is 0.200. The molecule has 0 N–H and O–H groups in total. The van der Waals surface area contributed by atoms with Crippen LogP contribution < -0.4 is 4.74 Å². The zero-order chi connectivity index (χ0) is 10.6. The molecule has 0 atom stereocenters. The third-order valence-corrected chi connectivity index (χ3v) is 1.69. The van der Waals surface area contributed by atoms with Gasteiger partial charge in [0, 0.05) is 0 Å². The van der Waals surface area contributed by atoms with E-state index in [1.54, 1.807) is 18.2 Å². The highest BCUT2D eigenvalue weighted by Gasteiger charge is 2.13. The van der Waals surface area contributed by atoms with Gasteiger partial charge >= 0.3 is 5.97 Å². The molecule has 0 unspecified atom stereocenters. The lowest BCUT2D eigenvalue weighted by molar-refractivity contribution is 0.0596. The van der Waals surface area contributed by atoms with Crippen molar-refractivity contribution in [1.29, 1.82) is 0 Å². The van der Waals surface area contributed by atoms with Gasteiger partial charge in [0.25, 0.3) is 0 Å². The third kappa shape index (κ3) is 1.90. The Labute approximate surface area is 82.2 Å². The quantitative estimate of drug-likeness (QED) is 0.683. The summed E-state index contributed by atoms with van der Waals surface area (Å²) in [6.07, 6.45) is 1.57. The second kappa shape index (κ2) is 4.41. The molecular weight excluding hydrogens is 182 g/mol. The Morgan fingerprint density at radius 2 is 2.21 bits per heavy atom. The van der Waals surface area contributed by atoms with Gasteiger partial charge in [-0.15, -0.1) is 0 Å². The van der Waals surface area contributed by atoms with Crippen molar-refractivity contribution >= 4 is 12.0 Å². The Kier molecular flexibility index (Phi) is 3.23. The third-order valence-electron chi connectivity index (χ3n) is 1.69. The molecule has 0 aliphatic rings. The molecule has 0 spiro atoms. The molecule has 1 heterocycles. The topological polar surface area (TPSA) is 48.4 Å². The normalized spacial score (nSPS) is 9.29. The second-order valence-corrected chi connectivity index (χ2v) is 2.49. The van der Waals surface area contributed by atoms with E-state index in [-0.39, 0.29) is 5.88 Å². The molecule has 0 saturated carbocycles. The zero-order valence-corrected chi connectivity index (χ0v) is 8.11. The van der Waals surface area contributed by atoms with E-state index >= 15 is 0 Å². The molecule has 0 amide bonds. The van der Waals surface area contributed by atoms with Gasteiger partial charge in [0.2, 0.25) is 5.88 Å². The first-order chi connectivity index (χ1) is 6.72. The van der Waals surface area contributed by atoms with Crippen molar-refractivity contribution in [1.82, 2.24) is 4.98 Å². The number of methoxy groups -OCH3 is 2. The highest BCUT2D eigenvalue weighted by molar-refractivity contribution is 5.91. The first-order valence-electron chi connectivity index (χ1n) is 3.98. The Morgan fingerprint density at radius 3 is 2.71 bits per heavy atom. The van der Waals surface area contributed by atoms with Gasteiger partial charge in [0.05, 0.1) is 19.9 Å². The van der Waals surface area contributed by atoms with Crippen LogP contribution in [0.1, 0.15) is 16.1 Å². The highest BCUT2D eigenvalue weighted by Crippen LogP contribution is 2.17. The molecule has 74 valence electrons. The summed E-state index contributed by atoms with van der Waals surface area (Å²) in [6.45, 7) is 3.57. The van der Waals surface area contributed by atoms with Crippen LogP contribution in [0.5, 0.6) is 5.88 Å². The van der Waals surface area contributed by atoms with E-state index in [1.807, 2.05) is 0 Å². The van der Waals surface area contributed by atoms with Crippen LogP contribution in [-0.4, -0.2) is 25.2 Å². The van der Waals surface area contributed by atoms with Crippen molar-refractivity contribution in [3.63, 3.8) is 0 Å². The lowest BCUT2D eigenvalue weighted by Gasteiger charge is -2.05. The Bertz CT molecular complexity index is 360. The van der Waals surface area contributed by atoms with E-state index in [9.17, 15) is 4.79 Å². The first kappa shape index (κ1) is 10.2. The SMILES string of the molecule is C=Cc1ccc(C(=O)OC)c(OC)n1. The number of nitrogens with zero attached hydrogens (tertiary/aromatic N) is 1. The lowest BCUT2D eigenvalue weighted by Crippen LogP contribution is -2.05. The minimum absolute atomic E-state index is 0.245. The van der Waals surface area contributed by atoms with Crippen molar-refractivity contribution in [2.45, 2.75) is 0 Å². The van der Waals surface area contributed by atoms with Gasteiger partial charge in [-0.05, 0) is 18.2 Å². The van der Waals surface area contributed by atoms with E-state index < -0.39 is 5.97 Å². The molecule has 14 heavy (non-hydrogen) atoms. The minimum Gasteiger partial charge on any atom is -0.480 e. The number of carbonyl (C=O) groups is 1. The number of ether oxygens (including phenoxy) is 2. The molecule has 4 nitrogen and oxygen atoms in total. The fourth-order valence-corrected chi connectivity index (χ4v) is 0.989. The smallest absolute Gasteiger partial charge is 0.343 e. The van der Waals surface area contributed by atoms with Crippen molar-refractivity contribution < 1.29 is 14.3 Å². The van der Waals surface area contributed by atoms with Crippen LogP contribution >= 0.6 is 0 Å². The van der Waals surface area contributed by atoms with Crippen LogP contribution in [0.2, 0.25) is 0 Å². The van der Waals surface area contributed by atoms with Gasteiger partial charge in [-0.2, -0.15) is 0 Å². The Hall–Kier alpha value is -1.84. The predicted octanol–water partition coefficient (Wildman–Crippen LogP) is 1.52. The van der Waals surface area contributed by atoms with Gasteiger partial charge in [-0.3, -0.25) is 0 Å². The zero-order valence-electron chi connectivity index (χ0n) is 8.11. The van der Waals surface area contributed by atoms with Crippen LogP contribution in [0.3, 0.4) is 0 Å². The summed E-state index contributed by atoms with van der Waals surface area (Å²) in [4.78, 5) is 15.3. The van der Waals surface area contributed by atoms with Gasteiger partial charge in [-0.25, -0.2) is 9.78 Å². The standard InChI is InChI=1S/C10H11NO3/c1-4-7-5-6-8(10(12)14-3)9(11-7)13-2/h4-6H,1H2,2-3H3. The summed E-state index contributed by atoms with van der Waals surface area (Å²) in [6, 6.07) is 3.26. The maximum atomic E-state index is 11.2. The van der Waals surface area contributed by atoms with Crippen LogP contribution in [0.25, 0.3) is 6.08 Å². The van der Waals surface area contributed by atoms with Gasteiger partial charge < -0.3 is 9.47 Å². The molecule has 0 saturated heterocycles. The number of pyridine rings is 1. The summed E-state index contributed by atoms with van der Waals surface area (Å²) >= 11 is 0. The van der Waals surface area contributed by atoms with Crippen molar-refractivity contribution in [3.05, 3.63) is 30.0 Å². The van der Waals surface area contributed by atoms with E-state index in [0.717, 1.165) is 0 Å². The van der Waals surface area contributed by atoms with Crippen LogP contribution in [-0.2, 0) is 4.74 Å². The Balaban J connectivity index is 3.17. The maximum absolute atomic E-state index is 11.2. The second-order valence-electron chi connectivity index (χ2n) is 2.49. The molecule has 0 fully saturated rings. The van der Waals surface area contributed by atoms with Crippen molar-refractivity contribution in [3.8, 4) is 5.88 Å². The minimum atomic E-state index is -0.468. The van der Waals surface area contributed by atoms with E-state index in [1.165, 1.54) is 14.2 Å². The summed E-state index contributed by atoms with van der Waals surface area (Å²) < 4.78 is 9.52. The molecule has 1 aromatic heterocycles. The van der Waals surface area contributed by atoms with Gasteiger partial charge in [0.15, 0.2) is 0 Å². The van der Waals surface area contributed by atoms with Gasteiger partial charge in [-0.1, -0.05) is 6.58 Å². The lowest BCUT2D eigenvalue weighted by atomic mass is 10.2. The summed E-state index contributed by atoms with van der Waals surface area (Å²) in [7, 11) is 2.75.